The van der Waals surface area contributed by atoms with E-state index in [-0.39, 0.29) is 35.9 Å². The van der Waals surface area contributed by atoms with Crippen molar-refractivity contribution < 1.29 is 14.3 Å². The normalized spacial score (nSPS) is 29.7. The van der Waals surface area contributed by atoms with E-state index in [1.807, 2.05) is 6.07 Å². The second-order valence-corrected chi connectivity index (χ2v) is 7.83. The monoisotopic (exact) mass is 391 g/mol. The van der Waals surface area contributed by atoms with Crippen molar-refractivity contribution >= 4 is 40.7 Å². The second kappa shape index (κ2) is 5.81. The lowest BCUT2D eigenvalue weighted by atomic mass is 9.81. The van der Waals surface area contributed by atoms with Crippen molar-refractivity contribution in [2.24, 2.45) is 11.8 Å². The van der Waals surface area contributed by atoms with Gasteiger partial charge in [0.1, 0.15) is 0 Å². The number of hydrogen-bond acceptors (Lipinski definition) is 4. The average molecular weight is 392 g/mol. The number of anilines is 1. The highest BCUT2D eigenvalue weighted by Crippen LogP contribution is 2.49. The molecule has 3 saturated heterocycles. The summed E-state index contributed by atoms with van der Waals surface area (Å²) in [7, 11) is 0. The van der Waals surface area contributed by atoms with Crippen LogP contribution in [0, 0.1) is 11.8 Å². The van der Waals surface area contributed by atoms with Crippen LogP contribution in [0.5, 0.6) is 0 Å². The summed E-state index contributed by atoms with van der Waals surface area (Å²) in [6, 6.07) is 5.27. The van der Waals surface area contributed by atoms with Gasteiger partial charge in [-0.2, -0.15) is 5.10 Å². The maximum atomic E-state index is 12.8. The van der Waals surface area contributed by atoms with E-state index in [2.05, 4.69) is 5.10 Å². The molecule has 26 heavy (non-hydrogen) atoms. The van der Waals surface area contributed by atoms with Crippen LogP contribution in [0.15, 0.2) is 30.6 Å². The van der Waals surface area contributed by atoms with Crippen molar-refractivity contribution in [3.8, 4) is 0 Å². The third-order valence-corrected chi connectivity index (χ3v) is 6.10. The van der Waals surface area contributed by atoms with Crippen molar-refractivity contribution in [3.63, 3.8) is 0 Å². The van der Waals surface area contributed by atoms with Gasteiger partial charge in [-0.25, -0.2) is 4.90 Å². The Hall–Kier alpha value is -1.89. The largest absolute Gasteiger partial charge is 0.373 e. The summed E-state index contributed by atoms with van der Waals surface area (Å²) in [5.74, 6) is -1.02. The molecule has 0 N–H and O–H groups in total. The molecule has 3 fully saturated rings. The number of hydrogen-bond donors (Lipinski definition) is 0. The number of halogens is 2. The molecule has 6 nitrogen and oxygen atoms in total. The molecule has 0 unspecified atom stereocenters. The predicted octanol–water partition coefficient (Wildman–Crippen LogP) is 2.91. The Bertz CT molecular complexity index is 900. The second-order valence-electron chi connectivity index (χ2n) is 6.99. The van der Waals surface area contributed by atoms with Gasteiger partial charge < -0.3 is 4.74 Å². The number of aromatic nitrogens is 2. The Balaban J connectivity index is 1.40. The van der Waals surface area contributed by atoms with Gasteiger partial charge in [-0.1, -0.05) is 29.3 Å². The number of fused-ring (bicyclic) bond motifs is 5. The maximum Gasteiger partial charge on any atom is 0.240 e. The molecule has 4 atom stereocenters. The van der Waals surface area contributed by atoms with Gasteiger partial charge in [-0.05, 0) is 30.5 Å². The Kier molecular flexibility index (Phi) is 3.64. The summed E-state index contributed by atoms with van der Waals surface area (Å²) < 4.78 is 7.41. The first kappa shape index (κ1) is 16.3. The zero-order valence-electron chi connectivity index (χ0n) is 13.6. The number of imide groups is 1. The molecule has 0 aliphatic carbocycles. The molecular formula is C18H15Cl2N3O3. The number of benzene rings is 1. The van der Waals surface area contributed by atoms with Crippen molar-refractivity contribution in [1.82, 2.24) is 9.78 Å². The molecule has 0 saturated carbocycles. The van der Waals surface area contributed by atoms with E-state index >= 15 is 0 Å². The SMILES string of the molecule is O=C1[C@@H]2[C@H](C(=O)N1c1cnn(Cc3ccc(Cl)cc3Cl)c1)[C@H]1CC[C@@H]2O1. The average Bonchev–Trinajstić information content (AvgIpc) is 3.35. The van der Waals surface area contributed by atoms with Crippen molar-refractivity contribution in [2.45, 2.75) is 31.6 Å². The van der Waals surface area contributed by atoms with E-state index < -0.39 is 0 Å². The third-order valence-electron chi connectivity index (χ3n) is 5.51. The molecule has 2 bridgehead atoms. The minimum atomic E-state index is -0.338. The van der Waals surface area contributed by atoms with Gasteiger partial charge in [-0.3, -0.25) is 14.3 Å². The summed E-state index contributed by atoms with van der Waals surface area (Å²) in [6.45, 7) is 0.424. The smallest absolute Gasteiger partial charge is 0.240 e. The first-order valence-electron chi connectivity index (χ1n) is 8.52. The van der Waals surface area contributed by atoms with Gasteiger partial charge in [0.15, 0.2) is 0 Å². The molecule has 2 amide bonds. The van der Waals surface area contributed by atoms with Crippen LogP contribution in [0.4, 0.5) is 5.69 Å². The quantitative estimate of drug-likeness (QED) is 0.754. The Morgan fingerprint density at radius 2 is 1.81 bits per heavy atom. The molecule has 4 heterocycles. The molecule has 5 rings (SSSR count). The summed E-state index contributed by atoms with van der Waals surface area (Å²) in [5.41, 5.74) is 1.35. The van der Waals surface area contributed by atoms with E-state index in [0.29, 0.717) is 22.3 Å². The van der Waals surface area contributed by atoms with Gasteiger partial charge in [-0.15, -0.1) is 0 Å². The molecule has 1 aromatic heterocycles. The summed E-state index contributed by atoms with van der Waals surface area (Å²) in [6.07, 6.45) is 4.72. The summed E-state index contributed by atoms with van der Waals surface area (Å²) in [5, 5.41) is 5.40. The molecular weight excluding hydrogens is 377 g/mol. The topological polar surface area (TPSA) is 64.4 Å². The molecule has 0 radical (unpaired) electrons. The van der Waals surface area contributed by atoms with Crippen LogP contribution in [-0.4, -0.2) is 33.8 Å². The van der Waals surface area contributed by atoms with Gasteiger partial charge in [0.05, 0.1) is 42.5 Å². The Labute approximate surface area is 159 Å². The molecule has 8 heteroatoms. The fourth-order valence-electron chi connectivity index (χ4n) is 4.35. The van der Waals surface area contributed by atoms with Crippen LogP contribution < -0.4 is 4.90 Å². The van der Waals surface area contributed by atoms with Crippen molar-refractivity contribution in [2.75, 3.05) is 4.90 Å². The number of carbonyl (C=O) groups excluding carboxylic acids is 2. The minimum Gasteiger partial charge on any atom is -0.373 e. The zero-order valence-corrected chi connectivity index (χ0v) is 15.2. The number of nitrogens with zero attached hydrogens (tertiary/aromatic N) is 3. The van der Waals surface area contributed by atoms with E-state index in [1.54, 1.807) is 29.2 Å². The fourth-order valence-corrected chi connectivity index (χ4v) is 4.81. The highest BCUT2D eigenvalue weighted by atomic mass is 35.5. The highest BCUT2D eigenvalue weighted by molar-refractivity contribution is 6.35. The maximum absolute atomic E-state index is 12.8. The van der Waals surface area contributed by atoms with Crippen LogP contribution in [0.25, 0.3) is 0 Å². The number of ether oxygens (including phenoxy) is 1. The molecule has 0 spiro atoms. The predicted molar refractivity (Wildman–Crippen MR) is 95.2 cm³/mol. The molecule has 3 aliphatic rings. The van der Waals surface area contributed by atoms with Gasteiger partial charge in [0.25, 0.3) is 0 Å². The minimum absolute atomic E-state index is 0.116. The number of amides is 2. The Morgan fingerprint density at radius 1 is 1.12 bits per heavy atom. The van der Waals surface area contributed by atoms with Crippen LogP contribution in [0.3, 0.4) is 0 Å². The lowest BCUT2D eigenvalue weighted by Crippen LogP contribution is -2.34. The molecule has 1 aromatic carbocycles. The standard InChI is InChI=1S/C18H15Cl2N3O3/c19-10-2-1-9(12(20)5-10)7-22-8-11(6-21-22)23-17(24)15-13-3-4-14(26-13)16(15)18(23)25/h1-2,5-6,8,13-16H,3-4,7H2/t13-,14+,15-,16+. The molecule has 134 valence electrons. The van der Waals surface area contributed by atoms with Crippen molar-refractivity contribution in [1.29, 1.82) is 0 Å². The lowest BCUT2D eigenvalue weighted by molar-refractivity contribution is -0.124. The molecule has 3 aliphatic heterocycles. The lowest BCUT2D eigenvalue weighted by Gasteiger charge is -2.15. The van der Waals surface area contributed by atoms with Crippen LogP contribution in [0.1, 0.15) is 18.4 Å². The van der Waals surface area contributed by atoms with Crippen LogP contribution >= 0.6 is 23.2 Å². The summed E-state index contributed by atoms with van der Waals surface area (Å²) >= 11 is 12.1. The van der Waals surface area contributed by atoms with Crippen LogP contribution in [-0.2, 0) is 20.9 Å². The number of carbonyl (C=O) groups is 2. The van der Waals surface area contributed by atoms with E-state index in [1.165, 1.54) is 4.90 Å². The zero-order chi connectivity index (χ0) is 18.0. The fraction of sp³-hybridized carbons (Fsp3) is 0.389. The van der Waals surface area contributed by atoms with Gasteiger partial charge in [0, 0.05) is 16.2 Å². The first-order chi connectivity index (χ1) is 12.5. The van der Waals surface area contributed by atoms with Crippen LogP contribution in [0.2, 0.25) is 10.0 Å². The summed E-state index contributed by atoms with van der Waals surface area (Å²) in [4.78, 5) is 26.9. The van der Waals surface area contributed by atoms with E-state index in [0.717, 1.165) is 18.4 Å². The highest BCUT2D eigenvalue weighted by Gasteiger charge is 2.62. The molecule has 2 aromatic rings. The van der Waals surface area contributed by atoms with E-state index in [4.69, 9.17) is 27.9 Å². The van der Waals surface area contributed by atoms with E-state index in [9.17, 15) is 9.59 Å². The number of rotatable bonds is 3. The first-order valence-corrected chi connectivity index (χ1v) is 9.28. The van der Waals surface area contributed by atoms with Gasteiger partial charge in [0.2, 0.25) is 11.8 Å². The van der Waals surface area contributed by atoms with Crippen molar-refractivity contribution in [3.05, 3.63) is 46.2 Å². The Morgan fingerprint density at radius 3 is 2.46 bits per heavy atom. The van der Waals surface area contributed by atoms with Gasteiger partial charge >= 0.3 is 0 Å². The third kappa shape index (κ3) is 2.32.